The number of hydrogen-bond donors (Lipinski definition) is 2. The highest BCUT2D eigenvalue weighted by molar-refractivity contribution is 5.80. The molecule has 2 N–H and O–H groups in total. The van der Waals surface area contributed by atoms with E-state index in [1.54, 1.807) is 13.4 Å². The number of aliphatic imine (C=N–C) groups is 1. The zero-order valence-electron chi connectivity index (χ0n) is 18.5. The van der Waals surface area contributed by atoms with Crippen LogP contribution in [-0.4, -0.2) is 53.6 Å². The first-order valence-corrected chi connectivity index (χ1v) is 10.8. The quantitative estimate of drug-likeness (QED) is 0.485. The smallest absolute Gasteiger partial charge is 0.191 e. The lowest BCUT2D eigenvalue weighted by Crippen LogP contribution is -2.41. The lowest BCUT2D eigenvalue weighted by atomic mass is 10.0. The van der Waals surface area contributed by atoms with Gasteiger partial charge in [-0.2, -0.15) is 0 Å². The molecule has 8 nitrogen and oxygen atoms in total. The summed E-state index contributed by atoms with van der Waals surface area (Å²) < 4.78 is 13.4. The third-order valence-corrected chi connectivity index (χ3v) is 5.34. The molecule has 2 aromatic rings. The molecule has 0 spiro atoms. The number of ether oxygens (including phenoxy) is 2. The summed E-state index contributed by atoms with van der Waals surface area (Å²) in [5.74, 6) is 2.63. The molecule has 0 amide bonds. The number of rotatable bonds is 9. The average Bonchev–Trinajstić information content (AvgIpc) is 3.43. The topological polar surface area (TPSA) is 85.6 Å². The number of guanidine groups is 1. The molecule has 3 rings (SSSR count). The van der Waals surface area contributed by atoms with E-state index in [0.29, 0.717) is 6.54 Å². The molecule has 1 aliphatic heterocycles. The van der Waals surface area contributed by atoms with E-state index in [4.69, 9.17) is 14.5 Å². The van der Waals surface area contributed by atoms with Crippen LogP contribution in [0.5, 0.6) is 5.75 Å². The molecular weight excluding hydrogens is 380 g/mol. The van der Waals surface area contributed by atoms with Gasteiger partial charge < -0.3 is 24.7 Å². The van der Waals surface area contributed by atoms with Crippen molar-refractivity contribution < 1.29 is 9.47 Å². The molecule has 164 valence electrons. The van der Waals surface area contributed by atoms with E-state index in [1.165, 1.54) is 5.56 Å². The van der Waals surface area contributed by atoms with Crippen LogP contribution in [0.1, 0.15) is 49.7 Å². The zero-order chi connectivity index (χ0) is 21.3. The molecule has 0 bridgehead atoms. The van der Waals surface area contributed by atoms with E-state index >= 15 is 0 Å². The Morgan fingerprint density at radius 1 is 1.43 bits per heavy atom. The lowest BCUT2D eigenvalue weighted by Gasteiger charge is -2.21. The van der Waals surface area contributed by atoms with Crippen LogP contribution < -0.4 is 15.4 Å². The van der Waals surface area contributed by atoms with Crippen molar-refractivity contribution in [2.45, 2.75) is 58.7 Å². The first-order valence-electron chi connectivity index (χ1n) is 10.8. The Morgan fingerprint density at radius 2 is 2.30 bits per heavy atom. The molecule has 30 heavy (non-hydrogen) atoms. The zero-order valence-corrected chi connectivity index (χ0v) is 18.5. The highest BCUT2D eigenvalue weighted by atomic mass is 16.5. The number of benzene rings is 1. The van der Waals surface area contributed by atoms with Gasteiger partial charge in [0.05, 0.1) is 25.8 Å². The molecule has 0 radical (unpaired) electrons. The summed E-state index contributed by atoms with van der Waals surface area (Å²) in [6.07, 6.45) is 5.02. The van der Waals surface area contributed by atoms with E-state index in [9.17, 15) is 0 Å². The van der Waals surface area contributed by atoms with Crippen molar-refractivity contribution >= 4 is 5.96 Å². The predicted molar refractivity (Wildman–Crippen MR) is 118 cm³/mol. The molecule has 2 unspecified atom stereocenters. The number of nitrogens with zero attached hydrogens (tertiary/aromatic N) is 4. The standard InChI is InChI=1S/C22H34N6O2/c1-5-21-27-25-15-28(21)11-10-23-22(24-14-18-7-6-12-30-18)26-17(3)19-13-16(2)8-9-20(19)29-4/h8-9,13,15,17-18H,5-7,10-12,14H2,1-4H3,(H2,23,24,26). The summed E-state index contributed by atoms with van der Waals surface area (Å²) >= 11 is 0. The molecule has 1 aliphatic rings. The summed E-state index contributed by atoms with van der Waals surface area (Å²) in [6, 6.07) is 6.26. The van der Waals surface area contributed by atoms with Crippen molar-refractivity contribution in [2.75, 3.05) is 26.8 Å². The summed E-state index contributed by atoms with van der Waals surface area (Å²) in [4.78, 5) is 4.80. The Bertz CT molecular complexity index is 829. The maximum absolute atomic E-state index is 5.74. The van der Waals surface area contributed by atoms with Gasteiger partial charge in [0.25, 0.3) is 0 Å². The minimum absolute atomic E-state index is 0.0386. The van der Waals surface area contributed by atoms with Gasteiger partial charge in [-0.25, -0.2) is 0 Å². The molecule has 0 saturated carbocycles. The van der Waals surface area contributed by atoms with Gasteiger partial charge in [-0.15, -0.1) is 10.2 Å². The Kier molecular flexibility index (Phi) is 8.07. The number of nitrogens with one attached hydrogen (secondary N) is 2. The van der Waals surface area contributed by atoms with Crippen LogP contribution in [0.15, 0.2) is 29.5 Å². The molecule has 1 aromatic heterocycles. The molecular formula is C22H34N6O2. The SMILES string of the molecule is CCc1nncn1CCNC(=NCC1CCCO1)NC(C)c1cc(C)ccc1OC. The number of aryl methyl sites for hydroxylation is 2. The number of aromatic nitrogens is 3. The minimum Gasteiger partial charge on any atom is -0.496 e. The van der Waals surface area contributed by atoms with Crippen molar-refractivity contribution in [3.05, 3.63) is 41.5 Å². The normalized spacial score (nSPS) is 17.7. The van der Waals surface area contributed by atoms with Crippen LogP contribution in [0, 0.1) is 6.92 Å². The first kappa shape index (κ1) is 22.1. The van der Waals surface area contributed by atoms with Gasteiger partial charge in [-0.1, -0.05) is 24.6 Å². The van der Waals surface area contributed by atoms with E-state index in [1.807, 2.05) is 6.07 Å². The van der Waals surface area contributed by atoms with Crippen molar-refractivity contribution in [1.29, 1.82) is 0 Å². The van der Waals surface area contributed by atoms with Gasteiger partial charge in [0.1, 0.15) is 17.9 Å². The van der Waals surface area contributed by atoms with Crippen LogP contribution in [0.25, 0.3) is 0 Å². The van der Waals surface area contributed by atoms with Crippen LogP contribution in [0.3, 0.4) is 0 Å². The van der Waals surface area contributed by atoms with Crippen molar-refractivity contribution in [3.8, 4) is 5.75 Å². The Hall–Kier alpha value is -2.61. The van der Waals surface area contributed by atoms with Crippen LogP contribution >= 0.6 is 0 Å². The molecule has 1 aromatic carbocycles. The lowest BCUT2D eigenvalue weighted by molar-refractivity contribution is 0.117. The fourth-order valence-electron chi connectivity index (χ4n) is 3.64. The van der Waals surface area contributed by atoms with Crippen molar-refractivity contribution in [2.24, 2.45) is 4.99 Å². The third-order valence-electron chi connectivity index (χ3n) is 5.34. The van der Waals surface area contributed by atoms with Crippen molar-refractivity contribution in [3.63, 3.8) is 0 Å². The average molecular weight is 415 g/mol. The maximum atomic E-state index is 5.74. The molecule has 1 saturated heterocycles. The first-order chi connectivity index (χ1) is 14.6. The van der Waals surface area contributed by atoms with E-state index in [2.05, 4.69) is 58.3 Å². The maximum Gasteiger partial charge on any atom is 0.191 e. The van der Waals surface area contributed by atoms with Gasteiger partial charge in [0.15, 0.2) is 5.96 Å². The largest absolute Gasteiger partial charge is 0.496 e. The Balaban J connectivity index is 1.67. The highest BCUT2D eigenvalue weighted by Gasteiger charge is 2.17. The van der Waals surface area contributed by atoms with E-state index in [0.717, 1.165) is 62.1 Å². The molecule has 2 heterocycles. The monoisotopic (exact) mass is 414 g/mol. The van der Waals surface area contributed by atoms with E-state index in [-0.39, 0.29) is 12.1 Å². The number of hydrogen-bond acceptors (Lipinski definition) is 5. The number of methoxy groups -OCH3 is 1. The van der Waals surface area contributed by atoms with E-state index < -0.39 is 0 Å². The molecule has 2 atom stereocenters. The van der Waals surface area contributed by atoms with Crippen LogP contribution in [0.4, 0.5) is 0 Å². The second-order valence-electron chi connectivity index (χ2n) is 7.66. The molecule has 1 fully saturated rings. The molecule has 0 aliphatic carbocycles. The summed E-state index contributed by atoms with van der Waals surface area (Å²) in [5.41, 5.74) is 2.31. The second kappa shape index (κ2) is 11.0. The predicted octanol–water partition coefficient (Wildman–Crippen LogP) is 2.63. The Labute approximate surface area is 179 Å². The van der Waals surface area contributed by atoms with Gasteiger partial charge in [0, 0.05) is 31.7 Å². The minimum atomic E-state index is 0.0386. The third kappa shape index (κ3) is 5.95. The second-order valence-corrected chi connectivity index (χ2v) is 7.66. The van der Waals surface area contributed by atoms with Gasteiger partial charge in [0.2, 0.25) is 0 Å². The van der Waals surface area contributed by atoms with Gasteiger partial charge in [-0.3, -0.25) is 4.99 Å². The summed E-state index contributed by atoms with van der Waals surface area (Å²) in [7, 11) is 1.70. The summed E-state index contributed by atoms with van der Waals surface area (Å²) in [6.45, 7) is 9.28. The van der Waals surface area contributed by atoms with Gasteiger partial charge >= 0.3 is 0 Å². The fraction of sp³-hybridized carbons (Fsp3) is 0.591. The van der Waals surface area contributed by atoms with Crippen LogP contribution in [-0.2, 0) is 17.7 Å². The van der Waals surface area contributed by atoms with Crippen molar-refractivity contribution in [1.82, 2.24) is 25.4 Å². The Morgan fingerprint density at radius 3 is 3.03 bits per heavy atom. The summed E-state index contributed by atoms with van der Waals surface area (Å²) in [5, 5.41) is 15.1. The molecule has 8 heteroatoms. The fourth-order valence-corrected chi connectivity index (χ4v) is 3.64. The van der Waals surface area contributed by atoms with Crippen LogP contribution in [0.2, 0.25) is 0 Å². The highest BCUT2D eigenvalue weighted by Crippen LogP contribution is 2.26. The van der Waals surface area contributed by atoms with Gasteiger partial charge in [-0.05, 0) is 32.8 Å².